The van der Waals surface area contributed by atoms with E-state index >= 15 is 0 Å². The molecule has 2 aliphatic heterocycles. The van der Waals surface area contributed by atoms with Gasteiger partial charge in [0.15, 0.2) is 0 Å². The molecule has 1 aromatic heterocycles. The van der Waals surface area contributed by atoms with Gasteiger partial charge in [0.1, 0.15) is 0 Å². The Kier molecular flexibility index (Phi) is 3.97. The van der Waals surface area contributed by atoms with Crippen molar-refractivity contribution >= 4 is 23.8 Å². The summed E-state index contributed by atoms with van der Waals surface area (Å²) in [7, 11) is 0. The summed E-state index contributed by atoms with van der Waals surface area (Å²) in [5, 5.41) is 2.77. The SMILES string of the molecule is NNc1nc(N2CCOCC2)nc(N2CCNC(=O)C2)n1. The Morgan fingerprint density at radius 2 is 1.81 bits per heavy atom. The lowest BCUT2D eigenvalue weighted by Gasteiger charge is -2.30. The van der Waals surface area contributed by atoms with Crippen LogP contribution >= 0.6 is 0 Å². The number of nitrogens with one attached hydrogen (secondary N) is 2. The van der Waals surface area contributed by atoms with Crippen LogP contribution in [0.1, 0.15) is 0 Å². The molecular weight excluding hydrogens is 276 g/mol. The summed E-state index contributed by atoms with van der Waals surface area (Å²) in [6, 6.07) is 0. The highest BCUT2D eigenvalue weighted by molar-refractivity contribution is 5.82. The molecule has 0 radical (unpaired) electrons. The van der Waals surface area contributed by atoms with Crippen LogP contribution in [-0.2, 0) is 9.53 Å². The van der Waals surface area contributed by atoms with E-state index < -0.39 is 0 Å². The fourth-order valence-electron chi connectivity index (χ4n) is 2.27. The van der Waals surface area contributed by atoms with Crippen LogP contribution in [-0.4, -0.2) is 66.8 Å². The normalized spacial score (nSPS) is 19.4. The molecule has 114 valence electrons. The van der Waals surface area contributed by atoms with E-state index in [1.165, 1.54) is 0 Å². The molecule has 0 unspecified atom stereocenters. The summed E-state index contributed by atoms with van der Waals surface area (Å²) in [5.41, 5.74) is 2.45. The number of nitrogens with zero attached hydrogens (tertiary/aromatic N) is 5. The molecule has 0 aromatic carbocycles. The quantitative estimate of drug-likeness (QED) is 0.426. The number of aromatic nitrogens is 3. The maximum atomic E-state index is 11.5. The molecule has 0 aliphatic carbocycles. The number of ether oxygens (including phenoxy) is 1. The molecule has 21 heavy (non-hydrogen) atoms. The third-order valence-electron chi connectivity index (χ3n) is 3.36. The summed E-state index contributed by atoms with van der Waals surface area (Å²) in [4.78, 5) is 28.3. The summed E-state index contributed by atoms with van der Waals surface area (Å²) in [6.45, 7) is 4.17. The van der Waals surface area contributed by atoms with Crippen molar-refractivity contribution in [1.82, 2.24) is 20.3 Å². The molecule has 0 spiro atoms. The van der Waals surface area contributed by atoms with Crippen molar-refractivity contribution in [1.29, 1.82) is 0 Å². The van der Waals surface area contributed by atoms with Crippen LogP contribution in [0.15, 0.2) is 0 Å². The average Bonchev–Trinajstić information content (AvgIpc) is 2.55. The van der Waals surface area contributed by atoms with Crippen molar-refractivity contribution in [3.8, 4) is 0 Å². The van der Waals surface area contributed by atoms with Gasteiger partial charge in [-0.05, 0) is 0 Å². The maximum absolute atomic E-state index is 11.5. The van der Waals surface area contributed by atoms with Crippen LogP contribution in [0.2, 0.25) is 0 Å². The van der Waals surface area contributed by atoms with E-state index in [2.05, 4.69) is 25.7 Å². The van der Waals surface area contributed by atoms with Crippen LogP contribution in [0.5, 0.6) is 0 Å². The lowest BCUT2D eigenvalue weighted by atomic mass is 10.4. The van der Waals surface area contributed by atoms with Gasteiger partial charge in [-0.1, -0.05) is 0 Å². The number of nitrogens with two attached hydrogens (primary N) is 1. The molecule has 10 nitrogen and oxygen atoms in total. The second-order valence-electron chi connectivity index (χ2n) is 4.77. The fraction of sp³-hybridized carbons (Fsp3) is 0.636. The molecule has 0 saturated carbocycles. The lowest BCUT2D eigenvalue weighted by Crippen LogP contribution is -2.48. The number of carbonyl (C=O) groups excluding carboxylic acids is 1. The number of piperazine rings is 1. The third-order valence-corrected chi connectivity index (χ3v) is 3.36. The highest BCUT2D eigenvalue weighted by atomic mass is 16.5. The molecule has 3 heterocycles. The van der Waals surface area contributed by atoms with Crippen molar-refractivity contribution in [2.24, 2.45) is 5.84 Å². The topological polar surface area (TPSA) is 122 Å². The van der Waals surface area contributed by atoms with Gasteiger partial charge in [0.2, 0.25) is 23.8 Å². The second kappa shape index (κ2) is 6.06. The Morgan fingerprint density at radius 1 is 1.10 bits per heavy atom. The minimum absolute atomic E-state index is 0.0446. The van der Waals surface area contributed by atoms with E-state index in [0.29, 0.717) is 51.3 Å². The molecule has 2 fully saturated rings. The number of anilines is 3. The first kappa shape index (κ1) is 13.8. The van der Waals surface area contributed by atoms with Gasteiger partial charge in [-0.25, -0.2) is 5.84 Å². The number of carbonyl (C=O) groups is 1. The Morgan fingerprint density at radius 3 is 2.48 bits per heavy atom. The smallest absolute Gasteiger partial charge is 0.243 e. The first-order valence-corrected chi connectivity index (χ1v) is 6.83. The maximum Gasteiger partial charge on any atom is 0.243 e. The van der Waals surface area contributed by atoms with Crippen molar-refractivity contribution < 1.29 is 9.53 Å². The second-order valence-corrected chi connectivity index (χ2v) is 4.77. The molecule has 0 atom stereocenters. The van der Waals surface area contributed by atoms with Gasteiger partial charge in [-0.15, -0.1) is 0 Å². The number of hydrazine groups is 1. The molecule has 0 bridgehead atoms. The number of hydrogen-bond acceptors (Lipinski definition) is 9. The van der Waals surface area contributed by atoms with E-state index in [-0.39, 0.29) is 18.4 Å². The van der Waals surface area contributed by atoms with Gasteiger partial charge in [-0.2, -0.15) is 15.0 Å². The minimum atomic E-state index is -0.0446. The predicted molar refractivity (Wildman–Crippen MR) is 75.9 cm³/mol. The van der Waals surface area contributed by atoms with Crippen molar-refractivity contribution in [3.63, 3.8) is 0 Å². The van der Waals surface area contributed by atoms with Crippen molar-refractivity contribution in [3.05, 3.63) is 0 Å². The van der Waals surface area contributed by atoms with Crippen LogP contribution < -0.4 is 26.4 Å². The Bertz CT molecular complexity index is 519. The number of amides is 1. The molecule has 2 aliphatic rings. The largest absolute Gasteiger partial charge is 0.378 e. The minimum Gasteiger partial charge on any atom is -0.378 e. The summed E-state index contributed by atoms with van der Waals surface area (Å²) in [6.07, 6.45) is 0. The highest BCUT2D eigenvalue weighted by Crippen LogP contribution is 2.17. The average molecular weight is 294 g/mol. The lowest BCUT2D eigenvalue weighted by molar-refractivity contribution is -0.120. The Labute approximate surface area is 121 Å². The molecular formula is C11H18N8O2. The van der Waals surface area contributed by atoms with Crippen LogP contribution in [0.4, 0.5) is 17.8 Å². The Balaban J connectivity index is 1.87. The summed E-state index contributed by atoms with van der Waals surface area (Å²) < 4.78 is 5.32. The molecule has 1 amide bonds. The van der Waals surface area contributed by atoms with E-state index in [4.69, 9.17) is 10.6 Å². The highest BCUT2D eigenvalue weighted by Gasteiger charge is 2.22. The summed E-state index contributed by atoms with van der Waals surface area (Å²) >= 11 is 0. The van der Waals surface area contributed by atoms with E-state index in [1.807, 2.05) is 9.80 Å². The van der Waals surface area contributed by atoms with Gasteiger partial charge in [0, 0.05) is 26.2 Å². The van der Waals surface area contributed by atoms with Gasteiger partial charge in [0.05, 0.1) is 19.8 Å². The van der Waals surface area contributed by atoms with E-state index in [0.717, 1.165) is 0 Å². The molecule has 10 heteroatoms. The zero-order valence-electron chi connectivity index (χ0n) is 11.6. The third kappa shape index (κ3) is 3.11. The number of nitrogen functional groups attached to an aromatic ring is 1. The van der Waals surface area contributed by atoms with Crippen LogP contribution in [0.25, 0.3) is 0 Å². The zero-order chi connectivity index (χ0) is 14.7. The predicted octanol–water partition coefficient (Wildman–Crippen LogP) is -2.07. The Hall–Kier alpha value is -2.20. The number of rotatable bonds is 3. The standard InChI is InChI=1S/C11H18N8O2/c12-17-9-14-10(18-3-5-21-6-4-18)16-11(15-9)19-2-1-13-8(20)7-19/h1-7,12H2,(H,13,20)(H,14,15,16,17). The van der Waals surface area contributed by atoms with Crippen molar-refractivity contribution in [2.75, 3.05) is 61.2 Å². The summed E-state index contributed by atoms with van der Waals surface area (Å²) in [5.74, 6) is 6.67. The van der Waals surface area contributed by atoms with Gasteiger partial charge in [-0.3, -0.25) is 10.2 Å². The molecule has 1 aromatic rings. The molecule has 3 rings (SSSR count). The molecule has 2 saturated heterocycles. The fourth-order valence-corrected chi connectivity index (χ4v) is 2.27. The van der Waals surface area contributed by atoms with Gasteiger partial charge in [0.25, 0.3) is 0 Å². The van der Waals surface area contributed by atoms with Gasteiger partial charge < -0.3 is 19.9 Å². The number of morpholine rings is 1. The van der Waals surface area contributed by atoms with E-state index in [1.54, 1.807) is 0 Å². The zero-order valence-corrected chi connectivity index (χ0v) is 11.6. The number of hydrogen-bond donors (Lipinski definition) is 3. The van der Waals surface area contributed by atoms with Crippen molar-refractivity contribution in [2.45, 2.75) is 0 Å². The van der Waals surface area contributed by atoms with E-state index in [9.17, 15) is 4.79 Å². The molecule has 4 N–H and O–H groups in total. The van der Waals surface area contributed by atoms with Crippen LogP contribution in [0, 0.1) is 0 Å². The first-order valence-electron chi connectivity index (χ1n) is 6.83. The monoisotopic (exact) mass is 294 g/mol. The van der Waals surface area contributed by atoms with Gasteiger partial charge >= 0.3 is 0 Å². The van der Waals surface area contributed by atoms with Crippen LogP contribution in [0.3, 0.4) is 0 Å². The first-order chi connectivity index (χ1) is 10.3.